The number of nitrogens with one attached hydrogen (secondary N) is 1. The molecular weight excluding hydrogens is 254 g/mol. The van der Waals surface area contributed by atoms with Gasteiger partial charge in [-0.3, -0.25) is 5.06 Å². The summed E-state index contributed by atoms with van der Waals surface area (Å²) >= 11 is 1.32. The quantitative estimate of drug-likeness (QED) is 0.638. The van der Waals surface area contributed by atoms with Crippen LogP contribution in [-0.4, -0.2) is 24.2 Å². The largest absolute Gasteiger partial charge is 0.626 e. The van der Waals surface area contributed by atoms with E-state index in [1.807, 2.05) is 0 Å². The molecule has 1 aromatic carbocycles. The van der Waals surface area contributed by atoms with E-state index in [0.717, 1.165) is 5.56 Å². The summed E-state index contributed by atoms with van der Waals surface area (Å²) < 4.78 is 4.87. The van der Waals surface area contributed by atoms with Crippen LogP contribution in [-0.2, 0) is 9.53 Å². The summed E-state index contributed by atoms with van der Waals surface area (Å²) in [7, 11) is 0. The molecule has 2 unspecified atom stereocenters. The van der Waals surface area contributed by atoms with Gasteiger partial charge in [-0.2, -0.15) is 0 Å². The molecule has 6 heteroatoms. The van der Waals surface area contributed by atoms with Crippen LogP contribution in [0, 0.1) is 5.21 Å². The fourth-order valence-electron chi connectivity index (χ4n) is 1.71. The first-order chi connectivity index (χ1) is 8.63. The van der Waals surface area contributed by atoms with E-state index in [-0.39, 0.29) is 22.7 Å². The van der Waals surface area contributed by atoms with Gasteiger partial charge in [-0.15, -0.1) is 0 Å². The SMILES string of the molecule is CCOC(=O)c1ccc(C2SCC(=O)[NH+]2[O-])cc1. The van der Waals surface area contributed by atoms with Crippen molar-refractivity contribution in [3.8, 4) is 0 Å². The first-order valence-electron chi connectivity index (χ1n) is 5.59. The van der Waals surface area contributed by atoms with Crippen LogP contribution in [0.1, 0.15) is 28.2 Å². The van der Waals surface area contributed by atoms with Gasteiger partial charge in [-0.1, -0.05) is 23.9 Å². The summed E-state index contributed by atoms with van der Waals surface area (Å²) in [6.45, 7) is 2.07. The first-order valence-corrected chi connectivity index (χ1v) is 6.64. The van der Waals surface area contributed by atoms with E-state index in [2.05, 4.69) is 0 Å². The zero-order valence-electron chi connectivity index (χ0n) is 9.84. The van der Waals surface area contributed by atoms with E-state index in [1.165, 1.54) is 11.8 Å². The van der Waals surface area contributed by atoms with Gasteiger partial charge in [0.05, 0.1) is 12.2 Å². The van der Waals surface area contributed by atoms with Crippen molar-refractivity contribution in [3.63, 3.8) is 0 Å². The van der Waals surface area contributed by atoms with Crippen LogP contribution in [0.25, 0.3) is 0 Å². The molecule has 1 aliphatic rings. The lowest BCUT2D eigenvalue weighted by molar-refractivity contribution is -0.777. The molecule has 0 aliphatic carbocycles. The van der Waals surface area contributed by atoms with E-state index in [0.29, 0.717) is 12.2 Å². The van der Waals surface area contributed by atoms with Gasteiger partial charge >= 0.3 is 11.9 Å². The maximum Gasteiger partial charge on any atom is 0.338 e. The number of hydrogen-bond acceptors (Lipinski definition) is 5. The lowest BCUT2D eigenvalue weighted by atomic mass is 10.1. The molecular formula is C12H13NO4S. The van der Waals surface area contributed by atoms with E-state index < -0.39 is 5.37 Å². The molecule has 1 fully saturated rings. The fourth-order valence-corrected chi connectivity index (χ4v) is 2.80. The van der Waals surface area contributed by atoms with E-state index in [9.17, 15) is 14.8 Å². The van der Waals surface area contributed by atoms with Gasteiger partial charge in [-0.05, 0) is 19.1 Å². The van der Waals surface area contributed by atoms with Crippen LogP contribution in [0.4, 0.5) is 0 Å². The van der Waals surface area contributed by atoms with Gasteiger partial charge in [0.25, 0.3) is 0 Å². The number of ether oxygens (including phenoxy) is 1. The number of rotatable bonds is 3. The molecule has 2 rings (SSSR count). The molecule has 1 heterocycles. The van der Waals surface area contributed by atoms with Crippen molar-refractivity contribution in [2.45, 2.75) is 12.3 Å². The molecule has 0 aromatic heterocycles. The Balaban J connectivity index is 2.13. The minimum Gasteiger partial charge on any atom is -0.626 e. The topological polar surface area (TPSA) is 70.9 Å². The average Bonchev–Trinajstić information content (AvgIpc) is 2.71. The maximum atomic E-state index is 11.6. The molecule has 18 heavy (non-hydrogen) atoms. The Hall–Kier alpha value is -1.37. The summed E-state index contributed by atoms with van der Waals surface area (Å²) in [4.78, 5) is 22.6. The number of benzene rings is 1. The van der Waals surface area contributed by atoms with E-state index in [4.69, 9.17) is 4.74 Å². The molecule has 96 valence electrons. The highest BCUT2D eigenvalue weighted by molar-refractivity contribution is 8.00. The van der Waals surface area contributed by atoms with Gasteiger partial charge < -0.3 is 9.94 Å². The third-order valence-electron chi connectivity index (χ3n) is 2.62. The van der Waals surface area contributed by atoms with Gasteiger partial charge in [0, 0.05) is 5.56 Å². The number of amides is 1. The second-order valence-corrected chi connectivity index (χ2v) is 4.91. The van der Waals surface area contributed by atoms with Crippen molar-refractivity contribution in [3.05, 3.63) is 40.6 Å². The molecule has 1 amide bonds. The van der Waals surface area contributed by atoms with Crippen molar-refractivity contribution in [1.29, 1.82) is 0 Å². The third-order valence-corrected chi connectivity index (χ3v) is 3.87. The summed E-state index contributed by atoms with van der Waals surface area (Å²) in [5.41, 5.74) is 1.20. The molecule has 0 saturated carbocycles. The van der Waals surface area contributed by atoms with Gasteiger partial charge in [-0.25, -0.2) is 9.59 Å². The second-order valence-electron chi connectivity index (χ2n) is 3.82. The smallest absolute Gasteiger partial charge is 0.338 e. The van der Waals surface area contributed by atoms with Crippen molar-refractivity contribution < 1.29 is 19.4 Å². The second kappa shape index (κ2) is 5.51. The van der Waals surface area contributed by atoms with Crippen LogP contribution in [0.2, 0.25) is 0 Å². The van der Waals surface area contributed by atoms with Crippen LogP contribution in [0.15, 0.2) is 24.3 Å². The van der Waals surface area contributed by atoms with Crippen LogP contribution < -0.4 is 5.06 Å². The Morgan fingerprint density at radius 3 is 2.67 bits per heavy atom. The number of carbonyl (C=O) groups excluding carboxylic acids is 2. The standard InChI is InChI=1S/C12H13NO4S/c1-2-17-12(15)9-5-3-8(4-6-9)11-13(16)10(14)7-18-11/h3-6,11,13H,2,7H2,1H3. The Bertz CT molecular complexity index is 460. The zero-order chi connectivity index (χ0) is 13.1. The Morgan fingerprint density at radius 1 is 1.50 bits per heavy atom. The number of carbonyl (C=O) groups is 2. The molecule has 1 aliphatic heterocycles. The fraction of sp³-hybridized carbons (Fsp3) is 0.333. The Kier molecular flexibility index (Phi) is 4.00. The predicted octanol–water partition coefficient (Wildman–Crippen LogP) is 0.518. The van der Waals surface area contributed by atoms with Crippen LogP contribution >= 0.6 is 11.8 Å². The molecule has 1 N–H and O–H groups in total. The minimum atomic E-state index is -0.422. The number of thioether (sulfide) groups is 1. The van der Waals surface area contributed by atoms with Crippen LogP contribution in [0.5, 0.6) is 0 Å². The van der Waals surface area contributed by atoms with E-state index in [1.54, 1.807) is 31.2 Å². The highest BCUT2D eigenvalue weighted by Gasteiger charge is 2.32. The molecule has 2 atom stereocenters. The first kappa shape index (κ1) is 13.1. The Labute approximate surface area is 109 Å². The van der Waals surface area contributed by atoms with E-state index >= 15 is 0 Å². The predicted molar refractivity (Wildman–Crippen MR) is 66.9 cm³/mol. The average molecular weight is 267 g/mol. The maximum absolute atomic E-state index is 11.6. The lowest BCUT2D eigenvalue weighted by Crippen LogP contribution is -3.08. The van der Waals surface area contributed by atoms with Gasteiger partial charge in [0.15, 0.2) is 5.37 Å². The van der Waals surface area contributed by atoms with Crippen molar-refractivity contribution in [2.24, 2.45) is 0 Å². The van der Waals surface area contributed by atoms with Crippen molar-refractivity contribution in [2.75, 3.05) is 12.4 Å². The minimum absolute atomic E-state index is 0.239. The molecule has 1 saturated heterocycles. The lowest BCUT2D eigenvalue weighted by Gasteiger charge is -2.20. The van der Waals surface area contributed by atoms with Crippen molar-refractivity contribution >= 4 is 23.6 Å². The molecule has 0 spiro atoms. The highest BCUT2D eigenvalue weighted by Crippen LogP contribution is 2.26. The number of esters is 1. The molecule has 5 nitrogen and oxygen atoms in total. The number of hydrogen-bond donors (Lipinski definition) is 1. The summed E-state index contributed by atoms with van der Waals surface area (Å²) in [6, 6.07) is 6.62. The van der Waals surface area contributed by atoms with Gasteiger partial charge in [0.2, 0.25) is 0 Å². The highest BCUT2D eigenvalue weighted by atomic mass is 32.2. The third kappa shape index (κ3) is 2.55. The van der Waals surface area contributed by atoms with Gasteiger partial charge in [0.1, 0.15) is 5.75 Å². The summed E-state index contributed by atoms with van der Waals surface area (Å²) in [5, 5.41) is 10.8. The number of hydroxylamine groups is 2. The molecule has 0 bridgehead atoms. The monoisotopic (exact) mass is 267 g/mol. The normalized spacial score (nSPS) is 23.1. The molecule has 0 radical (unpaired) electrons. The zero-order valence-corrected chi connectivity index (χ0v) is 10.7. The summed E-state index contributed by atoms with van der Waals surface area (Å²) in [6.07, 6.45) is 0. The molecule has 1 aromatic rings. The van der Waals surface area contributed by atoms with Crippen LogP contribution in [0.3, 0.4) is 0 Å². The Morgan fingerprint density at radius 2 is 2.17 bits per heavy atom. The summed E-state index contributed by atoms with van der Waals surface area (Å²) in [5.74, 6) is -0.478. The number of quaternary nitrogens is 1. The van der Waals surface area contributed by atoms with Crippen molar-refractivity contribution in [1.82, 2.24) is 0 Å².